The lowest BCUT2D eigenvalue weighted by Gasteiger charge is -2.16. The molecule has 100 valence electrons. The minimum atomic E-state index is -1.55. The van der Waals surface area contributed by atoms with E-state index in [-0.39, 0.29) is 6.07 Å². The molecule has 0 aliphatic rings. The van der Waals surface area contributed by atoms with Crippen LogP contribution in [-0.4, -0.2) is 30.9 Å². The Morgan fingerprint density at radius 3 is 2.17 bits per heavy atom. The van der Waals surface area contributed by atoms with Crippen molar-refractivity contribution in [1.82, 2.24) is 4.90 Å². The van der Waals surface area contributed by atoms with Crippen LogP contribution in [0.1, 0.15) is 6.92 Å². The first-order valence-electron chi connectivity index (χ1n) is 5.19. The van der Waals surface area contributed by atoms with Crippen LogP contribution in [-0.2, 0) is 4.79 Å². The molecule has 0 aliphatic heterocycles. The van der Waals surface area contributed by atoms with E-state index in [1.807, 2.05) is 0 Å². The minimum Gasteiger partial charge on any atom is -0.371 e. The number of rotatable bonds is 4. The van der Waals surface area contributed by atoms with Gasteiger partial charge in [0.15, 0.2) is 23.3 Å². The van der Waals surface area contributed by atoms with Crippen molar-refractivity contribution in [1.29, 1.82) is 0 Å². The van der Waals surface area contributed by atoms with Gasteiger partial charge in [0.1, 0.15) is 5.69 Å². The van der Waals surface area contributed by atoms with Gasteiger partial charge in [0, 0.05) is 19.7 Å². The van der Waals surface area contributed by atoms with Gasteiger partial charge >= 0.3 is 0 Å². The number of hydrogen-bond donors (Lipinski definition) is 1. The molecule has 0 spiro atoms. The number of carbonyl (C=O) groups excluding carboxylic acids is 1. The monoisotopic (exact) mass is 264 g/mol. The average molecular weight is 264 g/mol. The van der Waals surface area contributed by atoms with Gasteiger partial charge in [-0.25, -0.2) is 17.6 Å². The van der Waals surface area contributed by atoms with Crippen molar-refractivity contribution in [2.24, 2.45) is 0 Å². The van der Waals surface area contributed by atoms with Crippen LogP contribution in [0.2, 0.25) is 0 Å². The Kier molecular flexibility index (Phi) is 4.52. The normalized spacial score (nSPS) is 10.3. The summed E-state index contributed by atoms with van der Waals surface area (Å²) in [4.78, 5) is 12.7. The van der Waals surface area contributed by atoms with E-state index in [4.69, 9.17) is 0 Å². The fourth-order valence-electron chi connectivity index (χ4n) is 1.20. The molecule has 1 rings (SSSR count). The Hall–Kier alpha value is -1.79. The molecule has 18 heavy (non-hydrogen) atoms. The van der Waals surface area contributed by atoms with Crippen LogP contribution < -0.4 is 5.32 Å². The average Bonchev–Trinajstić information content (AvgIpc) is 2.35. The number of nitrogens with one attached hydrogen (secondary N) is 1. The molecule has 1 N–H and O–H groups in total. The van der Waals surface area contributed by atoms with E-state index in [2.05, 4.69) is 5.32 Å². The fourth-order valence-corrected chi connectivity index (χ4v) is 1.20. The molecule has 1 aromatic rings. The lowest BCUT2D eigenvalue weighted by Crippen LogP contribution is -2.32. The van der Waals surface area contributed by atoms with Crippen LogP contribution in [0.5, 0.6) is 0 Å². The molecular weight excluding hydrogens is 252 g/mol. The zero-order valence-electron chi connectivity index (χ0n) is 9.86. The maximum Gasteiger partial charge on any atom is 0.241 e. The lowest BCUT2D eigenvalue weighted by atomic mass is 10.2. The molecule has 3 nitrogen and oxygen atoms in total. The van der Waals surface area contributed by atoms with E-state index < -0.39 is 41.4 Å². The summed E-state index contributed by atoms with van der Waals surface area (Å²) in [6.45, 7) is 1.66. The highest BCUT2D eigenvalue weighted by molar-refractivity contribution is 5.80. The van der Waals surface area contributed by atoms with Crippen molar-refractivity contribution in [2.45, 2.75) is 6.92 Å². The smallest absolute Gasteiger partial charge is 0.241 e. The van der Waals surface area contributed by atoms with E-state index in [0.29, 0.717) is 6.54 Å². The van der Waals surface area contributed by atoms with Crippen LogP contribution in [0.3, 0.4) is 0 Å². The first-order valence-corrected chi connectivity index (χ1v) is 5.19. The Morgan fingerprint density at radius 1 is 1.22 bits per heavy atom. The van der Waals surface area contributed by atoms with Gasteiger partial charge < -0.3 is 10.2 Å². The third-order valence-corrected chi connectivity index (χ3v) is 2.43. The summed E-state index contributed by atoms with van der Waals surface area (Å²) in [5.74, 6) is -6.61. The quantitative estimate of drug-likeness (QED) is 0.667. The first kappa shape index (κ1) is 14.3. The van der Waals surface area contributed by atoms with Crippen molar-refractivity contribution in [3.8, 4) is 0 Å². The summed E-state index contributed by atoms with van der Waals surface area (Å²) >= 11 is 0. The number of likely N-dealkylation sites (N-methyl/N-ethyl adjacent to an activating group) is 1. The molecular formula is C11H12F4N2O. The SMILES string of the molecule is CCN(C)C(=O)CNc1c(F)c(F)cc(F)c1F. The van der Waals surface area contributed by atoms with Gasteiger partial charge in [-0.2, -0.15) is 0 Å². The maximum atomic E-state index is 13.2. The zero-order valence-corrected chi connectivity index (χ0v) is 9.86. The Labute approximate surface area is 101 Å². The van der Waals surface area contributed by atoms with Crippen LogP contribution in [0.25, 0.3) is 0 Å². The van der Waals surface area contributed by atoms with Crippen molar-refractivity contribution in [3.63, 3.8) is 0 Å². The molecule has 0 saturated heterocycles. The minimum absolute atomic E-state index is 0.107. The van der Waals surface area contributed by atoms with Gasteiger partial charge in [0.05, 0.1) is 6.54 Å². The van der Waals surface area contributed by atoms with Gasteiger partial charge in [-0.05, 0) is 6.92 Å². The van der Waals surface area contributed by atoms with Crippen molar-refractivity contribution in [2.75, 3.05) is 25.5 Å². The standard InChI is InChI=1S/C11H12F4N2O/c1-3-17(2)8(18)5-16-11-9(14)6(12)4-7(13)10(11)15/h4,16H,3,5H2,1-2H3. The van der Waals surface area contributed by atoms with Crippen molar-refractivity contribution in [3.05, 3.63) is 29.3 Å². The zero-order chi connectivity index (χ0) is 13.9. The van der Waals surface area contributed by atoms with Gasteiger partial charge in [-0.15, -0.1) is 0 Å². The van der Waals surface area contributed by atoms with Crippen LogP contribution in [0, 0.1) is 23.3 Å². The summed E-state index contributed by atoms with van der Waals surface area (Å²) < 4.78 is 52.1. The predicted octanol–water partition coefficient (Wildman–Crippen LogP) is 2.13. The second-order valence-electron chi connectivity index (χ2n) is 3.60. The molecule has 0 aromatic heterocycles. The molecule has 0 aliphatic carbocycles. The second kappa shape index (κ2) is 5.70. The Morgan fingerprint density at radius 2 is 1.72 bits per heavy atom. The molecule has 0 heterocycles. The van der Waals surface area contributed by atoms with Gasteiger partial charge in [0.2, 0.25) is 5.91 Å². The molecule has 0 radical (unpaired) electrons. The highest BCUT2D eigenvalue weighted by Crippen LogP contribution is 2.23. The Balaban J connectivity index is 2.89. The number of nitrogens with zero attached hydrogens (tertiary/aromatic N) is 1. The highest BCUT2D eigenvalue weighted by Gasteiger charge is 2.19. The lowest BCUT2D eigenvalue weighted by molar-refractivity contribution is -0.127. The van der Waals surface area contributed by atoms with E-state index in [0.717, 1.165) is 0 Å². The van der Waals surface area contributed by atoms with Gasteiger partial charge in [-0.3, -0.25) is 4.79 Å². The third kappa shape index (κ3) is 2.91. The number of anilines is 1. The molecule has 0 fully saturated rings. The molecule has 1 aromatic carbocycles. The van der Waals surface area contributed by atoms with Gasteiger partial charge in [-0.1, -0.05) is 0 Å². The fraction of sp³-hybridized carbons (Fsp3) is 0.364. The van der Waals surface area contributed by atoms with Gasteiger partial charge in [0.25, 0.3) is 0 Å². The van der Waals surface area contributed by atoms with Crippen LogP contribution >= 0.6 is 0 Å². The van der Waals surface area contributed by atoms with Crippen LogP contribution in [0.4, 0.5) is 23.2 Å². The Bertz CT molecular complexity index is 439. The van der Waals surface area contributed by atoms with Crippen molar-refractivity contribution >= 4 is 11.6 Å². The molecule has 0 saturated carbocycles. The van der Waals surface area contributed by atoms with E-state index in [9.17, 15) is 22.4 Å². The van der Waals surface area contributed by atoms with E-state index in [1.165, 1.54) is 11.9 Å². The summed E-state index contributed by atoms with van der Waals surface area (Å²) in [6.07, 6.45) is 0. The number of benzene rings is 1. The molecule has 1 amide bonds. The predicted molar refractivity (Wildman–Crippen MR) is 58.1 cm³/mol. The number of halogens is 4. The van der Waals surface area contributed by atoms with E-state index in [1.54, 1.807) is 6.92 Å². The van der Waals surface area contributed by atoms with Crippen molar-refractivity contribution < 1.29 is 22.4 Å². The summed E-state index contributed by atoms with van der Waals surface area (Å²) in [7, 11) is 1.49. The molecule has 7 heteroatoms. The third-order valence-electron chi connectivity index (χ3n) is 2.43. The largest absolute Gasteiger partial charge is 0.371 e. The highest BCUT2D eigenvalue weighted by atomic mass is 19.2. The van der Waals surface area contributed by atoms with Crippen LogP contribution in [0.15, 0.2) is 6.07 Å². The maximum absolute atomic E-state index is 13.2. The topological polar surface area (TPSA) is 32.3 Å². The number of carbonyl (C=O) groups is 1. The first-order chi connectivity index (χ1) is 8.38. The number of hydrogen-bond acceptors (Lipinski definition) is 2. The summed E-state index contributed by atoms with van der Waals surface area (Å²) in [6, 6.07) is 0.107. The number of amides is 1. The molecule has 0 atom stereocenters. The summed E-state index contributed by atoms with van der Waals surface area (Å²) in [5.41, 5.74) is -0.981. The molecule has 0 bridgehead atoms. The summed E-state index contributed by atoms with van der Waals surface area (Å²) in [5, 5.41) is 2.06. The second-order valence-corrected chi connectivity index (χ2v) is 3.60. The molecule has 0 unspecified atom stereocenters. The van der Waals surface area contributed by atoms with E-state index >= 15 is 0 Å².